The summed E-state index contributed by atoms with van der Waals surface area (Å²) in [5.41, 5.74) is 0.862. The van der Waals surface area contributed by atoms with Crippen molar-refractivity contribution in [2.75, 3.05) is 0 Å². The molecule has 0 radical (unpaired) electrons. The first-order chi connectivity index (χ1) is 9.38. The van der Waals surface area contributed by atoms with Gasteiger partial charge in [-0.2, -0.15) is 0 Å². The van der Waals surface area contributed by atoms with E-state index in [2.05, 4.69) is 0 Å². The number of aliphatic carboxylic acids is 2. The minimum atomic E-state index is -0.903. The summed E-state index contributed by atoms with van der Waals surface area (Å²) in [6.45, 7) is 1.61. The maximum atomic E-state index is 12.8. The molecule has 0 bridgehead atoms. The van der Waals surface area contributed by atoms with Crippen molar-refractivity contribution in [1.29, 1.82) is 0 Å². The van der Waals surface area contributed by atoms with E-state index in [-0.39, 0.29) is 18.2 Å². The van der Waals surface area contributed by atoms with E-state index < -0.39 is 17.9 Å². The van der Waals surface area contributed by atoms with E-state index in [4.69, 9.17) is 10.2 Å². The largest absolute Gasteiger partial charge is 0.481 e. The van der Waals surface area contributed by atoms with Crippen LogP contribution < -0.4 is 0 Å². The van der Waals surface area contributed by atoms with Gasteiger partial charge in [-0.05, 0) is 42.9 Å². The highest BCUT2D eigenvalue weighted by molar-refractivity contribution is 5.69. The van der Waals surface area contributed by atoms with Crippen LogP contribution in [0.3, 0.4) is 0 Å². The van der Waals surface area contributed by atoms with Crippen molar-refractivity contribution in [3.05, 3.63) is 35.6 Å². The topological polar surface area (TPSA) is 74.6 Å². The molecule has 1 aromatic rings. The third-order valence-corrected chi connectivity index (χ3v) is 3.33. The van der Waals surface area contributed by atoms with Gasteiger partial charge in [-0.3, -0.25) is 9.59 Å². The number of halogens is 1. The minimum absolute atomic E-state index is 0.0102. The molecule has 0 aliphatic carbocycles. The maximum absolute atomic E-state index is 12.8. The highest BCUT2D eigenvalue weighted by Gasteiger charge is 2.18. The van der Waals surface area contributed by atoms with Crippen LogP contribution >= 0.6 is 0 Å². The first kappa shape index (κ1) is 16.1. The predicted octanol–water partition coefficient (Wildman–Crippen LogP) is 2.96. The van der Waals surface area contributed by atoms with E-state index in [1.54, 1.807) is 19.1 Å². The summed E-state index contributed by atoms with van der Waals surface area (Å²) in [5, 5.41) is 17.7. The maximum Gasteiger partial charge on any atom is 0.306 e. The molecule has 0 saturated carbocycles. The smallest absolute Gasteiger partial charge is 0.306 e. The number of rotatable bonds is 8. The number of carboxylic acids is 2. The van der Waals surface area contributed by atoms with Gasteiger partial charge in [0.05, 0.1) is 5.92 Å². The Morgan fingerprint density at radius 1 is 1.15 bits per heavy atom. The quantitative estimate of drug-likeness (QED) is 0.768. The summed E-state index contributed by atoms with van der Waals surface area (Å²) in [7, 11) is 0. The predicted molar refractivity (Wildman–Crippen MR) is 71.9 cm³/mol. The van der Waals surface area contributed by atoms with Gasteiger partial charge in [0.1, 0.15) is 5.82 Å². The number of carbonyl (C=O) groups is 2. The van der Waals surface area contributed by atoms with Crippen molar-refractivity contribution in [3.8, 4) is 0 Å². The fourth-order valence-electron chi connectivity index (χ4n) is 2.09. The molecule has 0 aliphatic heterocycles. The van der Waals surface area contributed by atoms with Gasteiger partial charge in [0.25, 0.3) is 0 Å². The summed E-state index contributed by atoms with van der Waals surface area (Å²) in [6.07, 6.45) is 1.47. The molecule has 0 saturated heterocycles. The molecule has 2 N–H and O–H groups in total. The van der Waals surface area contributed by atoms with Crippen LogP contribution in [0.5, 0.6) is 0 Å². The average Bonchev–Trinajstić information content (AvgIpc) is 2.37. The summed E-state index contributed by atoms with van der Waals surface area (Å²) < 4.78 is 12.8. The fourth-order valence-corrected chi connectivity index (χ4v) is 2.09. The van der Waals surface area contributed by atoms with Gasteiger partial charge in [0, 0.05) is 6.42 Å². The third kappa shape index (κ3) is 5.82. The highest BCUT2D eigenvalue weighted by atomic mass is 19.1. The zero-order valence-corrected chi connectivity index (χ0v) is 11.4. The van der Waals surface area contributed by atoms with Crippen LogP contribution in [0.4, 0.5) is 4.39 Å². The second kappa shape index (κ2) is 7.62. The molecule has 110 valence electrons. The van der Waals surface area contributed by atoms with Crippen LogP contribution in [0.2, 0.25) is 0 Å². The molecule has 0 aliphatic rings. The van der Waals surface area contributed by atoms with Gasteiger partial charge < -0.3 is 10.2 Å². The Balaban J connectivity index is 2.61. The van der Waals surface area contributed by atoms with Crippen LogP contribution in [0.15, 0.2) is 24.3 Å². The molecular weight excluding hydrogens is 263 g/mol. The number of carboxylic acid groups (broad SMARTS) is 2. The Morgan fingerprint density at radius 3 is 2.25 bits per heavy atom. The minimum Gasteiger partial charge on any atom is -0.481 e. The lowest BCUT2D eigenvalue weighted by Gasteiger charge is -2.16. The second-order valence-electron chi connectivity index (χ2n) is 5.11. The van der Waals surface area contributed by atoms with Crippen LogP contribution in [0.25, 0.3) is 0 Å². The average molecular weight is 282 g/mol. The van der Waals surface area contributed by atoms with E-state index in [0.717, 1.165) is 5.56 Å². The zero-order valence-electron chi connectivity index (χ0n) is 11.4. The lowest BCUT2D eigenvalue weighted by atomic mass is 9.89. The van der Waals surface area contributed by atoms with Crippen molar-refractivity contribution < 1.29 is 24.2 Å². The van der Waals surface area contributed by atoms with Crippen LogP contribution in [0.1, 0.15) is 31.7 Å². The second-order valence-corrected chi connectivity index (χ2v) is 5.11. The van der Waals surface area contributed by atoms with Gasteiger partial charge in [-0.25, -0.2) is 4.39 Å². The third-order valence-electron chi connectivity index (χ3n) is 3.33. The molecule has 0 amide bonds. The molecule has 1 aromatic carbocycles. The van der Waals surface area contributed by atoms with Crippen LogP contribution in [-0.4, -0.2) is 22.2 Å². The first-order valence-electron chi connectivity index (χ1n) is 6.57. The van der Waals surface area contributed by atoms with Crippen molar-refractivity contribution >= 4 is 11.9 Å². The summed E-state index contributed by atoms with van der Waals surface area (Å²) in [5.74, 6) is -2.73. The van der Waals surface area contributed by atoms with Crippen molar-refractivity contribution in [2.45, 2.75) is 32.6 Å². The van der Waals surface area contributed by atoms with E-state index in [0.29, 0.717) is 19.3 Å². The molecular formula is C15H19FO4. The molecule has 5 heteroatoms. The molecule has 2 unspecified atom stereocenters. The molecule has 1 rings (SSSR count). The van der Waals surface area contributed by atoms with Gasteiger partial charge in [-0.15, -0.1) is 0 Å². The van der Waals surface area contributed by atoms with Crippen molar-refractivity contribution in [2.24, 2.45) is 11.8 Å². The van der Waals surface area contributed by atoms with E-state index in [1.165, 1.54) is 12.1 Å². The standard InChI is InChI=1S/C15H19FO4/c1-10(15(19)20)2-3-12(9-14(17)18)8-11-4-6-13(16)7-5-11/h4-7,10,12H,2-3,8-9H2,1H3,(H,17,18)(H,19,20). The monoisotopic (exact) mass is 282 g/mol. The Bertz CT molecular complexity index is 455. The Kier molecular flexibility index (Phi) is 6.15. The summed E-state index contributed by atoms with van der Waals surface area (Å²) >= 11 is 0. The molecule has 0 spiro atoms. The molecule has 0 fully saturated rings. The fraction of sp³-hybridized carbons (Fsp3) is 0.467. The van der Waals surface area contributed by atoms with E-state index in [9.17, 15) is 14.0 Å². The first-order valence-corrected chi connectivity index (χ1v) is 6.57. The summed E-state index contributed by atoms with van der Waals surface area (Å²) in [4.78, 5) is 21.6. The number of hydrogen-bond acceptors (Lipinski definition) is 2. The Hall–Kier alpha value is -1.91. The van der Waals surface area contributed by atoms with E-state index >= 15 is 0 Å². The lowest BCUT2D eigenvalue weighted by Crippen LogP contribution is -2.15. The summed E-state index contributed by atoms with van der Waals surface area (Å²) in [6, 6.07) is 5.94. The Labute approximate surface area is 117 Å². The van der Waals surface area contributed by atoms with Gasteiger partial charge in [0.15, 0.2) is 0 Å². The van der Waals surface area contributed by atoms with Gasteiger partial charge in [-0.1, -0.05) is 19.1 Å². The van der Waals surface area contributed by atoms with Gasteiger partial charge in [0.2, 0.25) is 0 Å². The normalized spacial score (nSPS) is 13.7. The zero-order chi connectivity index (χ0) is 15.1. The lowest BCUT2D eigenvalue weighted by molar-refractivity contribution is -0.141. The molecule has 2 atom stereocenters. The van der Waals surface area contributed by atoms with Crippen molar-refractivity contribution in [1.82, 2.24) is 0 Å². The van der Waals surface area contributed by atoms with Crippen molar-refractivity contribution in [3.63, 3.8) is 0 Å². The van der Waals surface area contributed by atoms with Gasteiger partial charge >= 0.3 is 11.9 Å². The van der Waals surface area contributed by atoms with Crippen LogP contribution in [0, 0.1) is 17.7 Å². The number of benzene rings is 1. The van der Waals surface area contributed by atoms with E-state index in [1.807, 2.05) is 0 Å². The number of hydrogen-bond donors (Lipinski definition) is 2. The highest BCUT2D eigenvalue weighted by Crippen LogP contribution is 2.21. The molecule has 0 aromatic heterocycles. The Morgan fingerprint density at radius 2 is 1.75 bits per heavy atom. The SMILES string of the molecule is CC(CCC(CC(=O)O)Cc1ccc(F)cc1)C(=O)O. The molecule has 4 nitrogen and oxygen atoms in total. The van der Waals surface area contributed by atoms with Crippen LogP contribution in [-0.2, 0) is 16.0 Å². The molecule has 0 heterocycles. The molecule has 20 heavy (non-hydrogen) atoms.